The molecule has 0 saturated carbocycles. The Labute approximate surface area is 102 Å². The van der Waals surface area contributed by atoms with E-state index in [1.54, 1.807) is 0 Å². The normalized spacial score (nSPS) is 12.6. The maximum atomic E-state index is 5.79. The van der Waals surface area contributed by atoms with E-state index in [0.717, 1.165) is 30.9 Å². The van der Waals surface area contributed by atoms with Gasteiger partial charge in [0.15, 0.2) is 0 Å². The molecule has 0 fully saturated rings. The molecule has 4 nitrogen and oxygen atoms in total. The van der Waals surface area contributed by atoms with E-state index in [9.17, 15) is 0 Å². The number of rotatable bonds is 5. The SMILES string of the molecule is CC(N)Cc1nccn1CCc1ccccn1. The van der Waals surface area contributed by atoms with Crippen LogP contribution in [0.2, 0.25) is 0 Å². The average Bonchev–Trinajstić information content (AvgIpc) is 2.74. The lowest BCUT2D eigenvalue weighted by atomic mass is 10.2. The van der Waals surface area contributed by atoms with E-state index in [2.05, 4.69) is 14.5 Å². The maximum Gasteiger partial charge on any atom is 0.110 e. The molecule has 2 aromatic rings. The summed E-state index contributed by atoms with van der Waals surface area (Å²) < 4.78 is 2.15. The Kier molecular flexibility index (Phi) is 3.88. The van der Waals surface area contributed by atoms with Crippen LogP contribution in [-0.4, -0.2) is 20.6 Å². The zero-order chi connectivity index (χ0) is 12.1. The fourth-order valence-corrected chi connectivity index (χ4v) is 1.80. The van der Waals surface area contributed by atoms with Crippen molar-refractivity contribution in [3.05, 3.63) is 48.3 Å². The van der Waals surface area contributed by atoms with Crippen molar-refractivity contribution in [3.63, 3.8) is 0 Å². The van der Waals surface area contributed by atoms with Crippen LogP contribution in [0.5, 0.6) is 0 Å². The fraction of sp³-hybridized carbons (Fsp3) is 0.385. The minimum atomic E-state index is 0.144. The molecule has 0 aromatic carbocycles. The quantitative estimate of drug-likeness (QED) is 0.845. The first kappa shape index (κ1) is 11.8. The highest BCUT2D eigenvalue weighted by molar-refractivity contribution is 5.04. The van der Waals surface area contributed by atoms with Gasteiger partial charge >= 0.3 is 0 Å². The van der Waals surface area contributed by atoms with Crippen molar-refractivity contribution >= 4 is 0 Å². The van der Waals surface area contributed by atoms with Crippen molar-refractivity contribution in [2.75, 3.05) is 0 Å². The summed E-state index contributed by atoms with van der Waals surface area (Å²) >= 11 is 0. The van der Waals surface area contributed by atoms with Crippen LogP contribution in [0.4, 0.5) is 0 Å². The van der Waals surface area contributed by atoms with Crippen LogP contribution < -0.4 is 5.73 Å². The van der Waals surface area contributed by atoms with Gasteiger partial charge in [0.05, 0.1) is 0 Å². The van der Waals surface area contributed by atoms with E-state index in [1.807, 2.05) is 43.7 Å². The molecule has 0 amide bonds. The van der Waals surface area contributed by atoms with Crippen LogP contribution in [-0.2, 0) is 19.4 Å². The van der Waals surface area contributed by atoms with Crippen LogP contribution in [0.3, 0.4) is 0 Å². The Morgan fingerprint density at radius 1 is 1.29 bits per heavy atom. The molecule has 1 unspecified atom stereocenters. The second kappa shape index (κ2) is 5.59. The molecule has 1 atom stereocenters. The van der Waals surface area contributed by atoms with Gasteiger partial charge in [-0.1, -0.05) is 6.07 Å². The molecular weight excluding hydrogens is 212 g/mol. The Bertz CT molecular complexity index is 447. The monoisotopic (exact) mass is 230 g/mol. The third-order valence-corrected chi connectivity index (χ3v) is 2.64. The van der Waals surface area contributed by atoms with Crippen molar-refractivity contribution in [2.24, 2.45) is 5.73 Å². The summed E-state index contributed by atoms with van der Waals surface area (Å²) in [5.74, 6) is 1.05. The van der Waals surface area contributed by atoms with Gasteiger partial charge in [0, 0.05) is 49.7 Å². The Hall–Kier alpha value is -1.68. The number of nitrogens with zero attached hydrogens (tertiary/aromatic N) is 3. The number of aromatic nitrogens is 3. The van der Waals surface area contributed by atoms with E-state index >= 15 is 0 Å². The van der Waals surface area contributed by atoms with Gasteiger partial charge in [-0.05, 0) is 19.1 Å². The van der Waals surface area contributed by atoms with Gasteiger partial charge in [-0.2, -0.15) is 0 Å². The number of pyridine rings is 1. The number of hydrogen-bond acceptors (Lipinski definition) is 3. The molecule has 0 aliphatic carbocycles. The second-order valence-corrected chi connectivity index (χ2v) is 4.29. The number of imidazole rings is 1. The topological polar surface area (TPSA) is 56.7 Å². The lowest BCUT2D eigenvalue weighted by molar-refractivity contribution is 0.608. The average molecular weight is 230 g/mol. The fourth-order valence-electron chi connectivity index (χ4n) is 1.80. The third-order valence-electron chi connectivity index (χ3n) is 2.64. The predicted octanol–water partition coefficient (Wildman–Crippen LogP) is 1.41. The van der Waals surface area contributed by atoms with E-state index < -0.39 is 0 Å². The van der Waals surface area contributed by atoms with Crippen molar-refractivity contribution in [3.8, 4) is 0 Å². The van der Waals surface area contributed by atoms with Crippen LogP contribution >= 0.6 is 0 Å². The molecule has 0 bridgehead atoms. The van der Waals surface area contributed by atoms with Gasteiger partial charge in [-0.15, -0.1) is 0 Å². The van der Waals surface area contributed by atoms with Crippen molar-refractivity contribution in [1.29, 1.82) is 0 Å². The number of nitrogens with two attached hydrogens (primary N) is 1. The summed E-state index contributed by atoms with van der Waals surface area (Å²) in [6, 6.07) is 6.13. The molecule has 2 rings (SSSR count). The van der Waals surface area contributed by atoms with Crippen molar-refractivity contribution in [1.82, 2.24) is 14.5 Å². The van der Waals surface area contributed by atoms with E-state index in [-0.39, 0.29) is 6.04 Å². The summed E-state index contributed by atoms with van der Waals surface area (Å²) in [6.07, 6.45) is 7.39. The van der Waals surface area contributed by atoms with Crippen LogP contribution in [0.25, 0.3) is 0 Å². The van der Waals surface area contributed by atoms with E-state index in [0.29, 0.717) is 0 Å². The first-order valence-electron chi connectivity index (χ1n) is 5.91. The summed E-state index contributed by atoms with van der Waals surface area (Å²) in [5.41, 5.74) is 6.90. The van der Waals surface area contributed by atoms with E-state index in [4.69, 9.17) is 5.73 Å². The highest BCUT2D eigenvalue weighted by atomic mass is 15.1. The first-order valence-corrected chi connectivity index (χ1v) is 5.91. The smallest absolute Gasteiger partial charge is 0.110 e. The molecule has 2 aromatic heterocycles. The second-order valence-electron chi connectivity index (χ2n) is 4.29. The number of aryl methyl sites for hydroxylation is 2. The van der Waals surface area contributed by atoms with Gasteiger partial charge in [-0.25, -0.2) is 4.98 Å². The minimum absolute atomic E-state index is 0.144. The van der Waals surface area contributed by atoms with Crippen LogP contribution in [0.1, 0.15) is 18.4 Å². The van der Waals surface area contributed by atoms with Crippen molar-refractivity contribution in [2.45, 2.75) is 32.4 Å². The molecule has 0 aliphatic heterocycles. The number of hydrogen-bond donors (Lipinski definition) is 1. The van der Waals surface area contributed by atoms with Crippen LogP contribution in [0, 0.1) is 0 Å². The molecule has 2 heterocycles. The molecule has 0 spiro atoms. The molecule has 0 aliphatic rings. The molecule has 0 saturated heterocycles. The first-order chi connectivity index (χ1) is 8.25. The standard InChI is InChI=1S/C13H18N4/c1-11(14)10-13-16-7-9-17(13)8-5-12-4-2-3-6-15-12/h2-4,6-7,9,11H,5,8,10,14H2,1H3. The third kappa shape index (κ3) is 3.39. The summed E-state index contributed by atoms with van der Waals surface area (Å²) in [6.45, 7) is 2.90. The molecule has 90 valence electrons. The Morgan fingerprint density at radius 2 is 2.18 bits per heavy atom. The largest absolute Gasteiger partial charge is 0.335 e. The highest BCUT2D eigenvalue weighted by Crippen LogP contribution is 2.04. The highest BCUT2D eigenvalue weighted by Gasteiger charge is 2.05. The van der Waals surface area contributed by atoms with E-state index in [1.165, 1.54) is 0 Å². The molecule has 4 heteroatoms. The van der Waals surface area contributed by atoms with Crippen LogP contribution in [0.15, 0.2) is 36.8 Å². The molecule has 0 radical (unpaired) electrons. The molecule has 2 N–H and O–H groups in total. The zero-order valence-corrected chi connectivity index (χ0v) is 10.1. The lowest BCUT2D eigenvalue weighted by Crippen LogP contribution is -2.20. The van der Waals surface area contributed by atoms with Gasteiger partial charge < -0.3 is 10.3 Å². The summed E-state index contributed by atoms with van der Waals surface area (Å²) in [5, 5.41) is 0. The molecule has 17 heavy (non-hydrogen) atoms. The Balaban J connectivity index is 1.97. The van der Waals surface area contributed by atoms with Crippen molar-refractivity contribution < 1.29 is 0 Å². The molecular formula is C13H18N4. The minimum Gasteiger partial charge on any atom is -0.335 e. The van der Waals surface area contributed by atoms with Gasteiger partial charge in [0.2, 0.25) is 0 Å². The summed E-state index contributed by atoms with van der Waals surface area (Å²) in [7, 11) is 0. The lowest BCUT2D eigenvalue weighted by Gasteiger charge is -2.09. The Morgan fingerprint density at radius 3 is 2.88 bits per heavy atom. The maximum absolute atomic E-state index is 5.79. The van der Waals surface area contributed by atoms with Gasteiger partial charge in [-0.3, -0.25) is 4.98 Å². The predicted molar refractivity (Wildman–Crippen MR) is 67.5 cm³/mol. The van der Waals surface area contributed by atoms with Gasteiger partial charge in [0.1, 0.15) is 5.82 Å². The van der Waals surface area contributed by atoms with Gasteiger partial charge in [0.25, 0.3) is 0 Å². The summed E-state index contributed by atoms with van der Waals surface area (Å²) in [4.78, 5) is 8.64. The zero-order valence-electron chi connectivity index (χ0n) is 10.1.